The molecule has 2 saturated carbocycles. The highest BCUT2D eigenvalue weighted by atomic mass is 127. The Hall–Kier alpha value is 0.150. The smallest absolute Gasteiger partial charge is 0.191 e. The van der Waals surface area contributed by atoms with E-state index in [1.165, 1.54) is 38.5 Å². The summed E-state index contributed by atoms with van der Waals surface area (Å²) < 4.78 is 12.1. The molecule has 5 unspecified atom stereocenters. The number of halogens is 1. The van der Waals surface area contributed by atoms with Crippen molar-refractivity contribution in [2.45, 2.75) is 83.4 Å². The molecule has 2 aliphatic rings. The molecule has 0 aromatic carbocycles. The SMILES string of the molecule is CCNC(=NCC1CCCC(C)C1)NC1CCCC(S(=O)CC)C1.I. The predicted octanol–water partition coefficient (Wildman–Crippen LogP) is 4.07. The molecule has 0 aromatic heterocycles. The van der Waals surface area contributed by atoms with Crippen LogP contribution in [-0.4, -0.2) is 40.3 Å². The van der Waals surface area contributed by atoms with E-state index in [9.17, 15) is 4.21 Å². The van der Waals surface area contributed by atoms with Crippen LogP contribution in [0.1, 0.15) is 72.1 Å². The van der Waals surface area contributed by atoms with E-state index in [0.29, 0.717) is 11.3 Å². The van der Waals surface area contributed by atoms with Gasteiger partial charge in [0.05, 0.1) is 0 Å². The fraction of sp³-hybridized carbons (Fsp3) is 0.947. The second kappa shape index (κ2) is 12.5. The van der Waals surface area contributed by atoms with Gasteiger partial charge in [-0.1, -0.05) is 33.1 Å². The highest BCUT2D eigenvalue weighted by molar-refractivity contribution is 14.0. The van der Waals surface area contributed by atoms with Gasteiger partial charge in [0.15, 0.2) is 5.96 Å². The molecule has 6 heteroatoms. The lowest BCUT2D eigenvalue weighted by Gasteiger charge is -2.30. The number of nitrogens with one attached hydrogen (secondary N) is 2. The van der Waals surface area contributed by atoms with Gasteiger partial charge in [0, 0.05) is 40.9 Å². The van der Waals surface area contributed by atoms with E-state index in [0.717, 1.165) is 49.5 Å². The van der Waals surface area contributed by atoms with Crippen LogP contribution in [0.4, 0.5) is 0 Å². The number of hydrogen-bond acceptors (Lipinski definition) is 2. The van der Waals surface area contributed by atoms with Gasteiger partial charge in [0.1, 0.15) is 0 Å². The first kappa shape index (κ1) is 23.2. The van der Waals surface area contributed by atoms with Crippen LogP contribution in [0, 0.1) is 11.8 Å². The quantitative estimate of drug-likeness (QED) is 0.340. The third kappa shape index (κ3) is 8.14. The van der Waals surface area contributed by atoms with E-state index in [2.05, 4.69) is 24.5 Å². The topological polar surface area (TPSA) is 53.5 Å². The molecule has 148 valence electrons. The summed E-state index contributed by atoms with van der Waals surface area (Å²) >= 11 is 0. The second-order valence-corrected chi connectivity index (χ2v) is 9.66. The molecule has 2 rings (SSSR count). The van der Waals surface area contributed by atoms with Crippen molar-refractivity contribution < 1.29 is 4.21 Å². The van der Waals surface area contributed by atoms with Crippen molar-refractivity contribution in [2.24, 2.45) is 16.8 Å². The molecular formula is C19H38IN3OS. The molecule has 2 fully saturated rings. The number of rotatable bonds is 6. The highest BCUT2D eigenvalue weighted by Crippen LogP contribution is 2.28. The van der Waals surface area contributed by atoms with Crippen molar-refractivity contribution >= 4 is 40.7 Å². The average Bonchev–Trinajstić information content (AvgIpc) is 2.59. The van der Waals surface area contributed by atoms with Crippen molar-refractivity contribution in [1.82, 2.24) is 10.6 Å². The van der Waals surface area contributed by atoms with Crippen molar-refractivity contribution in [1.29, 1.82) is 0 Å². The Morgan fingerprint density at radius 2 is 1.88 bits per heavy atom. The molecule has 4 nitrogen and oxygen atoms in total. The van der Waals surface area contributed by atoms with Crippen molar-refractivity contribution in [2.75, 3.05) is 18.8 Å². The van der Waals surface area contributed by atoms with Crippen molar-refractivity contribution in [3.63, 3.8) is 0 Å². The van der Waals surface area contributed by atoms with E-state index in [1.54, 1.807) is 0 Å². The Morgan fingerprint density at radius 3 is 2.56 bits per heavy atom. The maximum Gasteiger partial charge on any atom is 0.191 e. The number of guanidine groups is 1. The summed E-state index contributed by atoms with van der Waals surface area (Å²) in [6.45, 7) is 8.36. The van der Waals surface area contributed by atoms with Crippen LogP contribution in [0.5, 0.6) is 0 Å². The molecule has 0 aliphatic heterocycles. The molecule has 25 heavy (non-hydrogen) atoms. The van der Waals surface area contributed by atoms with E-state index < -0.39 is 10.8 Å². The Bertz CT molecular complexity index is 433. The third-order valence-electron chi connectivity index (χ3n) is 5.52. The van der Waals surface area contributed by atoms with Gasteiger partial charge >= 0.3 is 0 Å². The minimum Gasteiger partial charge on any atom is -0.357 e. The molecule has 2 N–H and O–H groups in total. The van der Waals surface area contributed by atoms with Gasteiger partial charge in [-0.25, -0.2) is 0 Å². The summed E-state index contributed by atoms with van der Waals surface area (Å²) in [4.78, 5) is 4.87. The summed E-state index contributed by atoms with van der Waals surface area (Å²) in [6, 6.07) is 0.419. The Balaban J connectivity index is 0.00000312. The van der Waals surface area contributed by atoms with Gasteiger partial charge in [0.25, 0.3) is 0 Å². The predicted molar refractivity (Wildman–Crippen MR) is 120 cm³/mol. The molecule has 0 amide bonds. The molecule has 0 radical (unpaired) electrons. The molecule has 2 aliphatic carbocycles. The maximum atomic E-state index is 12.1. The average molecular weight is 484 g/mol. The van der Waals surface area contributed by atoms with Crippen molar-refractivity contribution in [3.8, 4) is 0 Å². The normalized spacial score (nSPS) is 31.7. The summed E-state index contributed by atoms with van der Waals surface area (Å²) in [5.74, 6) is 3.35. The maximum absolute atomic E-state index is 12.1. The van der Waals surface area contributed by atoms with Crippen LogP contribution in [0.2, 0.25) is 0 Å². The molecular weight excluding hydrogens is 445 g/mol. The first-order valence-electron chi connectivity index (χ1n) is 10.0. The molecule has 0 spiro atoms. The zero-order valence-electron chi connectivity index (χ0n) is 16.3. The molecule has 0 saturated heterocycles. The molecule has 0 aromatic rings. The fourth-order valence-corrected chi connectivity index (χ4v) is 5.56. The van der Waals surface area contributed by atoms with Crippen molar-refractivity contribution in [3.05, 3.63) is 0 Å². The summed E-state index contributed by atoms with van der Waals surface area (Å²) in [5, 5.41) is 7.39. The van der Waals surface area contributed by atoms with Crippen LogP contribution >= 0.6 is 24.0 Å². The van der Waals surface area contributed by atoms with E-state index >= 15 is 0 Å². The van der Waals surface area contributed by atoms with Crippen LogP contribution in [0.25, 0.3) is 0 Å². The summed E-state index contributed by atoms with van der Waals surface area (Å²) in [7, 11) is -0.665. The summed E-state index contributed by atoms with van der Waals surface area (Å²) in [6.07, 6.45) is 9.88. The van der Waals surface area contributed by atoms with Crippen LogP contribution in [0.3, 0.4) is 0 Å². The zero-order chi connectivity index (χ0) is 17.4. The van der Waals surface area contributed by atoms with E-state index in [-0.39, 0.29) is 24.0 Å². The Morgan fingerprint density at radius 1 is 1.12 bits per heavy atom. The first-order chi connectivity index (χ1) is 11.6. The van der Waals surface area contributed by atoms with Crippen LogP contribution in [-0.2, 0) is 10.8 Å². The monoisotopic (exact) mass is 483 g/mol. The van der Waals surface area contributed by atoms with Gasteiger partial charge in [-0.15, -0.1) is 24.0 Å². The molecule has 0 bridgehead atoms. The minimum atomic E-state index is -0.665. The number of aliphatic imine (C=N–C) groups is 1. The van der Waals surface area contributed by atoms with Gasteiger partial charge in [-0.05, 0) is 50.9 Å². The molecule has 5 atom stereocenters. The fourth-order valence-electron chi connectivity index (χ4n) is 4.21. The number of nitrogens with zero attached hydrogens (tertiary/aromatic N) is 1. The lowest BCUT2D eigenvalue weighted by atomic mass is 9.82. The van der Waals surface area contributed by atoms with Crippen LogP contribution < -0.4 is 10.6 Å². The Kier molecular flexibility index (Phi) is 11.6. The molecule has 0 heterocycles. The minimum absolute atomic E-state index is 0. The largest absolute Gasteiger partial charge is 0.357 e. The van der Waals surface area contributed by atoms with Crippen LogP contribution in [0.15, 0.2) is 4.99 Å². The van der Waals surface area contributed by atoms with Gasteiger partial charge in [-0.2, -0.15) is 0 Å². The third-order valence-corrected chi connectivity index (χ3v) is 7.26. The van der Waals surface area contributed by atoms with Gasteiger partial charge in [0.2, 0.25) is 0 Å². The Labute approximate surface area is 174 Å². The van der Waals surface area contributed by atoms with E-state index in [1.807, 2.05) is 6.92 Å². The standard InChI is InChI=1S/C19H37N3OS.HI/c1-4-20-19(21-14-16-9-6-8-15(3)12-16)22-17-10-7-11-18(13-17)24(23)5-2;/h15-18H,4-14H2,1-3H3,(H2,20,21,22);1H. The van der Waals surface area contributed by atoms with Gasteiger partial charge < -0.3 is 10.6 Å². The van der Waals surface area contributed by atoms with E-state index in [4.69, 9.17) is 4.99 Å². The zero-order valence-corrected chi connectivity index (χ0v) is 19.4. The number of hydrogen-bond donors (Lipinski definition) is 2. The van der Waals surface area contributed by atoms with Gasteiger partial charge in [-0.3, -0.25) is 9.20 Å². The lowest BCUT2D eigenvalue weighted by Crippen LogP contribution is -2.46. The summed E-state index contributed by atoms with van der Waals surface area (Å²) in [5.41, 5.74) is 0. The first-order valence-corrected chi connectivity index (χ1v) is 11.4. The highest BCUT2D eigenvalue weighted by Gasteiger charge is 2.26. The lowest BCUT2D eigenvalue weighted by molar-refractivity contribution is 0.288. The second-order valence-electron chi connectivity index (χ2n) is 7.66.